The maximum Gasteiger partial charge on any atom is 2.00 e. The second kappa shape index (κ2) is 21.3. The molecule has 18 heteroatoms. The molecule has 0 N–H and O–H groups in total. The molecule has 30 heavy (non-hydrogen) atoms. The molecule has 0 rings (SSSR count). The summed E-state index contributed by atoms with van der Waals surface area (Å²) in [7, 11) is 0. The fourth-order valence-electron chi connectivity index (χ4n) is 1.35. The Morgan fingerprint density at radius 1 is 0.433 bits per heavy atom. The fourth-order valence-corrected chi connectivity index (χ4v) is 1.35. The van der Waals surface area contributed by atoms with Crippen LogP contribution in [0.5, 0.6) is 0 Å². The molecule has 148 valence electrons. The molecule has 0 aliphatic carbocycles. The fraction of sp³-hybridized carbons (Fsp3) is 0.500. The predicted molar refractivity (Wildman–Crippen MR) is 77.0 cm³/mol. The summed E-state index contributed by atoms with van der Waals surface area (Å²) in [6.45, 7) is 0. The van der Waals surface area contributed by atoms with Crippen LogP contribution in [0.25, 0.3) is 0 Å². The summed E-state index contributed by atoms with van der Waals surface area (Å²) >= 11 is 0. The summed E-state index contributed by atoms with van der Waals surface area (Å²) in [5.41, 5.74) is -6.45. The van der Waals surface area contributed by atoms with E-state index in [0.717, 1.165) is 0 Å². The van der Waals surface area contributed by atoms with Crippen LogP contribution in [0.15, 0.2) is 0 Å². The molecule has 0 bridgehead atoms. The number of aliphatic carboxylic acids is 6. The second-order valence-electron chi connectivity index (χ2n) is 4.76. The Balaban J connectivity index is -0.0000000847. The van der Waals surface area contributed by atoms with E-state index in [9.17, 15) is 69.6 Å². The van der Waals surface area contributed by atoms with Gasteiger partial charge in [-0.05, 0) is 25.7 Å². The van der Waals surface area contributed by atoms with E-state index in [1.54, 1.807) is 0 Å². The SMILES string of the molecule is O=C([O-])CC([O-])(CC(=O)[O-])C(=O)[O-].O=C([O-])CC([O-])(CC(=O)[O-])C(=O)[O-].[Ca+2].[Ca+2].[Ca+2].[Ca+2]. The van der Waals surface area contributed by atoms with Gasteiger partial charge >= 0.3 is 151 Å². The van der Waals surface area contributed by atoms with Crippen LogP contribution in [-0.2, 0) is 28.8 Å². The molecule has 0 atom stereocenters. The van der Waals surface area contributed by atoms with Gasteiger partial charge in [0.25, 0.3) is 0 Å². The molecule has 14 nitrogen and oxygen atoms in total. The van der Waals surface area contributed by atoms with Gasteiger partial charge in [-0.1, -0.05) is 11.2 Å². The monoisotopic (exact) mass is 536 g/mol. The van der Waals surface area contributed by atoms with Gasteiger partial charge in [0, 0.05) is 35.8 Å². The van der Waals surface area contributed by atoms with Crippen molar-refractivity contribution in [2.75, 3.05) is 0 Å². The zero-order chi connectivity index (χ0) is 21.3. The molecule has 0 amide bonds. The molecule has 0 aromatic heterocycles. The van der Waals surface area contributed by atoms with E-state index in [1.165, 1.54) is 0 Å². The Kier molecular flexibility index (Phi) is 32.2. The van der Waals surface area contributed by atoms with Gasteiger partial charge < -0.3 is 69.6 Å². The summed E-state index contributed by atoms with van der Waals surface area (Å²) in [4.78, 5) is 59.7. The zero-order valence-electron chi connectivity index (χ0n) is 15.4. The Hall–Kier alpha value is 1.78. The first kappa shape index (κ1) is 45.3. The van der Waals surface area contributed by atoms with E-state index < -0.39 is 72.7 Å². The van der Waals surface area contributed by atoms with Crippen molar-refractivity contribution in [2.24, 2.45) is 0 Å². The molecule has 0 aromatic rings. The molecule has 0 aliphatic heterocycles. The molecule has 0 aliphatic rings. The van der Waals surface area contributed by atoms with E-state index in [2.05, 4.69) is 0 Å². The van der Waals surface area contributed by atoms with Crippen molar-refractivity contribution in [3.63, 3.8) is 0 Å². The van der Waals surface area contributed by atoms with Gasteiger partial charge in [0.05, 0.1) is 0 Å². The third-order valence-electron chi connectivity index (χ3n) is 2.46. The molecular weight excluding hydrogens is 528 g/mol. The number of hydrogen-bond donors (Lipinski definition) is 0. The average Bonchev–Trinajstić information content (AvgIpc) is 2.34. The predicted octanol–water partition coefficient (Wildman–Crippen LogP) is -13.3. The molecule has 0 fully saturated rings. The number of carbonyl (C=O) groups excluding carboxylic acids is 6. The molecule has 0 heterocycles. The minimum atomic E-state index is -3.22. The summed E-state index contributed by atoms with van der Waals surface area (Å²) in [6.07, 6.45) is -5.88. The third-order valence-corrected chi connectivity index (χ3v) is 2.46. The standard InChI is InChI=1S/2C6H7O7.4Ca/c2*7-3(8)1-6(13,5(11)12)2-4(9)10;;;;/h2*1-2H2,(H,7,8)(H,9,10)(H,11,12);;;;/q2*-1;4*+2/p-6. The van der Waals surface area contributed by atoms with Crippen LogP contribution in [0.4, 0.5) is 0 Å². The van der Waals surface area contributed by atoms with Gasteiger partial charge in [0.15, 0.2) is 0 Å². The summed E-state index contributed by atoms with van der Waals surface area (Å²) in [5, 5.41) is 81.6. The van der Waals surface area contributed by atoms with E-state index in [0.29, 0.717) is 0 Å². The normalized spacial score (nSPS) is 9.40. The van der Waals surface area contributed by atoms with Crippen molar-refractivity contribution in [1.29, 1.82) is 0 Å². The van der Waals surface area contributed by atoms with E-state index in [-0.39, 0.29) is 151 Å². The first-order chi connectivity index (χ1) is 11.6. The van der Waals surface area contributed by atoms with Crippen LogP contribution in [0, 0.1) is 0 Å². The third kappa shape index (κ3) is 21.6. The molecule has 0 radical (unpaired) electrons. The van der Waals surface area contributed by atoms with Gasteiger partial charge in [-0.2, -0.15) is 0 Å². The van der Waals surface area contributed by atoms with Gasteiger partial charge in [-0.15, -0.1) is 0 Å². The Morgan fingerprint density at radius 2 is 0.567 bits per heavy atom. The summed E-state index contributed by atoms with van der Waals surface area (Å²) < 4.78 is 0. The topological polar surface area (TPSA) is 287 Å². The first-order valence-electron chi connectivity index (χ1n) is 6.19. The van der Waals surface area contributed by atoms with Crippen molar-refractivity contribution >= 4 is 187 Å². The molecular formula is C12H8Ca4O14. The Bertz CT molecular complexity index is 524. The van der Waals surface area contributed by atoms with Gasteiger partial charge in [-0.25, -0.2) is 0 Å². The van der Waals surface area contributed by atoms with E-state index in [4.69, 9.17) is 0 Å². The van der Waals surface area contributed by atoms with Crippen LogP contribution >= 0.6 is 0 Å². The van der Waals surface area contributed by atoms with Crippen LogP contribution in [0.2, 0.25) is 0 Å². The van der Waals surface area contributed by atoms with Crippen LogP contribution in [-0.4, -0.2) is 198 Å². The maximum atomic E-state index is 10.9. The number of carbonyl (C=O) groups is 6. The average molecular weight is 536 g/mol. The van der Waals surface area contributed by atoms with E-state index in [1.807, 2.05) is 0 Å². The number of rotatable bonds is 10. The Labute approximate surface area is 288 Å². The number of carboxylic acid groups (broad SMARTS) is 6. The van der Waals surface area contributed by atoms with Gasteiger partial charge in [0.2, 0.25) is 0 Å². The molecule has 0 saturated heterocycles. The van der Waals surface area contributed by atoms with Gasteiger partial charge in [-0.3, -0.25) is 0 Å². The number of carboxylic acids is 6. The minimum absolute atomic E-state index is 0. The Morgan fingerprint density at radius 3 is 0.633 bits per heavy atom. The molecule has 0 spiro atoms. The summed E-state index contributed by atoms with van der Waals surface area (Å²) in [6, 6.07) is 0. The maximum absolute atomic E-state index is 10.9. The van der Waals surface area contributed by atoms with Crippen molar-refractivity contribution in [3.05, 3.63) is 0 Å². The van der Waals surface area contributed by atoms with Crippen LogP contribution in [0.1, 0.15) is 25.7 Å². The number of hydrogen-bond acceptors (Lipinski definition) is 14. The molecule has 0 unspecified atom stereocenters. The molecule has 0 saturated carbocycles. The quantitative estimate of drug-likeness (QED) is 0.234. The second-order valence-corrected chi connectivity index (χ2v) is 4.76. The smallest absolute Gasteiger partial charge is 0.845 e. The molecule has 0 aromatic carbocycles. The summed E-state index contributed by atoms with van der Waals surface area (Å²) in [5.74, 6) is -12.4. The van der Waals surface area contributed by atoms with Crippen molar-refractivity contribution in [1.82, 2.24) is 0 Å². The van der Waals surface area contributed by atoms with Crippen LogP contribution in [0.3, 0.4) is 0 Å². The van der Waals surface area contributed by atoms with Crippen molar-refractivity contribution in [2.45, 2.75) is 36.9 Å². The van der Waals surface area contributed by atoms with Gasteiger partial charge in [0.1, 0.15) is 0 Å². The largest absolute Gasteiger partial charge is 2.00 e. The van der Waals surface area contributed by atoms with Crippen molar-refractivity contribution in [3.8, 4) is 0 Å². The van der Waals surface area contributed by atoms with Crippen molar-refractivity contribution < 1.29 is 69.6 Å². The zero-order valence-corrected chi connectivity index (χ0v) is 24.2. The van der Waals surface area contributed by atoms with E-state index >= 15 is 0 Å². The van der Waals surface area contributed by atoms with Crippen LogP contribution < -0.4 is 40.9 Å². The minimum Gasteiger partial charge on any atom is -0.845 e. The first-order valence-corrected chi connectivity index (χ1v) is 6.19.